The third-order valence-electron chi connectivity index (χ3n) is 6.27. The van der Waals surface area contributed by atoms with E-state index in [9.17, 15) is 9.59 Å². The number of nitrogens with two attached hydrogens (primary N) is 1. The molecule has 4 N–H and O–H groups in total. The molecule has 33 heavy (non-hydrogen) atoms. The Kier molecular flexibility index (Phi) is 5.68. The first-order chi connectivity index (χ1) is 16.0. The van der Waals surface area contributed by atoms with Gasteiger partial charge in [0.2, 0.25) is 5.91 Å². The quantitative estimate of drug-likeness (QED) is 0.540. The molecule has 8 nitrogen and oxygen atoms in total. The fraction of sp³-hybridized carbons (Fsp3) is 0.292. The van der Waals surface area contributed by atoms with E-state index in [1.807, 2.05) is 42.5 Å². The summed E-state index contributed by atoms with van der Waals surface area (Å²) in [5, 5.41) is 7.44. The van der Waals surface area contributed by atoms with Crippen molar-refractivity contribution in [3.63, 3.8) is 0 Å². The molecule has 170 valence electrons. The zero-order chi connectivity index (χ0) is 22.9. The monoisotopic (exact) mass is 464 g/mol. The number of piperazine rings is 1. The van der Waals surface area contributed by atoms with E-state index in [-0.39, 0.29) is 11.9 Å². The number of hydrogen-bond acceptors (Lipinski definition) is 5. The van der Waals surface area contributed by atoms with E-state index >= 15 is 0 Å². The van der Waals surface area contributed by atoms with E-state index in [4.69, 9.17) is 17.3 Å². The lowest BCUT2D eigenvalue weighted by Gasteiger charge is -2.37. The van der Waals surface area contributed by atoms with Crippen molar-refractivity contribution in [2.45, 2.75) is 18.9 Å². The SMILES string of the molecule is Nc1cc(N2CCN(C(=O)NC3CCc4ccccc4NC3=O)CC2)c2ccc(Cl)cc2n1. The van der Waals surface area contributed by atoms with Gasteiger partial charge < -0.3 is 26.2 Å². The molecule has 1 fully saturated rings. The van der Waals surface area contributed by atoms with E-state index in [0.29, 0.717) is 43.4 Å². The predicted octanol–water partition coefficient (Wildman–Crippen LogP) is 3.26. The van der Waals surface area contributed by atoms with E-state index in [0.717, 1.165) is 34.3 Å². The molecular formula is C24H25ClN6O2. The van der Waals surface area contributed by atoms with E-state index < -0.39 is 6.04 Å². The van der Waals surface area contributed by atoms with Gasteiger partial charge in [-0.3, -0.25) is 4.79 Å². The Morgan fingerprint density at radius 2 is 1.91 bits per heavy atom. The normalized spacial score (nSPS) is 18.5. The molecule has 1 atom stereocenters. The Balaban J connectivity index is 1.23. The molecule has 3 heterocycles. The van der Waals surface area contributed by atoms with Crippen LogP contribution in [0, 0.1) is 0 Å². The van der Waals surface area contributed by atoms with Crippen molar-refractivity contribution < 1.29 is 9.59 Å². The number of amides is 3. The zero-order valence-electron chi connectivity index (χ0n) is 18.1. The Morgan fingerprint density at radius 3 is 2.73 bits per heavy atom. The fourth-order valence-electron chi connectivity index (χ4n) is 4.50. The van der Waals surface area contributed by atoms with Crippen molar-refractivity contribution >= 4 is 51.6 Å². The highest BCUT2D eigenvalue weighted by atomic mass is 35.5. The van der Waals surface area contributed by atoms with E-state index in [1.54, 1.807) is 11.0 Å². The Hall–Kier alpha value is -3.52. The van der Waals surface area contributed by atoms with Gasteiger partial charge in [-0.1, -0.05) is 29.8 Å². The van der Waals surface area contributed by atoms with E-state index in [2.05, 4.69) is 20.5 Å². The highest BCUT2D eigenvalue weighted by Crippen LogP contribution is 2.30. The van der Waals surface area contributed by atoms with Crippen molar-refractivity contribution in [3.8, 4) is 0 Å². The maximum absolute atomic E-state index is 12.9. The van der Waals surface area contributed by atoms with Gasteiger partial charge in [0.1, 0.15) is 11.9 Å². The number of carbonyl (C=O) groups is 2. The summed E-state index contributed by atoms with van der Waals surface area (Å²) in [6, 6.07) is 14.4. The molecular weight excluding hydrogens is 440 g/mol. The molecule has 9 heteroatoms. The largest absolute Gasteiger partial charge is 0.384 e. The molecule has 3 amide bonds. The summed E-state index contributed by atoms with van der Waals surface area (Å²) < 4.78 is 0. The number of pyridine rings is 1. The molecule has 1 unspecified atom stereocenters. The zero-order valence-corrected chi connectivity index (χ0v) is 18.8. The van der Waals surface area contributed by atoms with Crippen molar-refractivity contribution in [1.82, 2.24) is 15.2 Å². The molecule has 2 aliphatic heterocycles. The van der Waals surface area contributed by atoms with Gasteiger partial charge >= 0.3 is 6.03 Å². The summed E-state index contributed by atoms with van der Waals surface area (Å²) in [7, 11) is 0. The Bertz CT molecular complexity index is 1220. The number of nitrogen functional groups attached to an aromatic ring is 1. The molecule has 3 aromatic rings. The van der Waals surface area contributed by atoms with Crippen LogP contribution in [0.3, 0.4) is 0 Å². The maximum Gasteiger partial charge on any atom is 0.318 e. The minimum atomic E-state index is -0.559. The average Bonchev–Trinajstić information content (AvgIpc) is 2.96. The number of rotatable bonds is 2. The molecule has 5 rings (SSSR count). The van der Waals surface area contributed by atoms with Crippen LogP contribution in [0.25, 0.3) is 10.9 Å². The van der Waals surface area contributed by atoms with Gasteiger partial charge in [-0.15, -0.1) is 0 Å². The van der Waals surface area contributed by atoms with Crippen molar-refractivity contribution in [1.29, 1.82) is 0 Å². The third-order valence-corrected chi connectivity index (χ3v) is 6.50. The van der Waals surface area contributed by atoms with Gasteiger partial charge in [0.05, 0.1) is 5.52 Å². The van der Waals surface area contributed by atoms with Crippen LogP contribution in [-0.2, 0) is 11.2 Å². The summed E-state index contributed by atoms with van der Waals surface area (Å²) >= 11 is 6.12. The minimum Gasteiger partial charge on any atom is -0.384 e. The number of para-hydroxylation sites is 1. The van der Waals surface area contributed by atoms with Crippen LogP contribution in [0.1, 0.15) is 12.0 Å². The molecule has 0 bridgehead atoms. The van der Waals surface area contributed by atoms with Crippen LogP contribution >= 0.6 is 11.6 Å². The molecule has 2 aliphatic rings. The summed E-state index contributed by atoms with van der Waals surface area (Å²) in [5.41, 5.74) is 9.66. The first-order valence-corrected chi connectivity index (χ1v) is 11.4. The molecule has 0 aliphatic carbocycles. The topological polar surface area (TPSA) is 104 Å². The van der Waals surface area contributed by atoms with Gasteiger partial charge in [0, 0.05) is 54.0 Å². The number of hydrogen-bond donors (Lipinski definition) is 3. The highest BCUT2D eigenvalue weighted by Gasteiger charge is 2.28. The number of aromatic nitrogens is 1. The molecule has 1 saturated heterocycles. The number of carbonyl (C=O) groups excluding carboxylic acids is 2. The van der Waals surface area contributed by atoms with Crippen LogP contribution in [-0.4, -0.2) is 54.0 Å². The van der Waals surface area contributed by atoms with Gasteiger partial charge in [0.25, 0.3) is 0 Å². The second-order valence-electron chi connectivity index (χ2n) is 8.39. The van der Waals surface area contributed by atoms with Gasteiger partial charge in [0.15, 0.2) is 0 Å². The number of urea groups is 1. The molecule has 0 spiro atoms. The molecule has 2 aromatic carbocycles. The molecule has 1 aromatic heterocycles. The maximum atomic E-state index is 12.9. The van der Waals surface area contributed by atoms with E-state index in [1.165, 1.54) is 0 Å². The van der Waals surface area contributed by atoms with Gasteiger partial charge in [-0.25, -0.2) is 9.78 Å². The molecule has 0 saturated carbocycles. The number of benzene rings is 2. The van der Waals surface area contributed by atoms with Crippen LogP contribution in [0.15, 0.2) is 48.5 Å². The summed E-state index contributed by atoms with van der Waals surface area (Å²) in [4.78, 5) is 33.9. The average molecular weight is 465 g/mol. The smallest absolute Gasteiger partial charge is 0.318 e. The van der Waals surface area contributed by atoms with Crippen molar-refractivity contribution in [2.75, 3.05) is 42.1 Å². The summed E-state index contributed by atoms with van der Waals surface area (Å²) in [6.45, 7) is 2.38. The first-order valence-electron chi connectivity index (χ1n) is 11.0. The lowest BCUT2D eigenvalue weighted by Crippen LogP contribution is -2.55. The fourth-order valence-corrected chi connectivity index (χ4v) is 4.67. The predicted molar refractivity (Wildman–Crippen MR) is 131 cm³/mol. The summed E-state index contributed by atoms with van der Waals surface area (Å²) in [5.74, 6) is 0.254. The number of fused-ring (bicyclic) bond motifs is 2. The number of aryl methyl sites for hydroxylation is 1. The first kappa shape index (κ1) is 21.3. The van der Waals surface area contributed by atoms with Crippen molar-refractivity contribution in [2.24, 2.45) is 0 Å². The van der Waals surface area contributed by atoms with Crippen LogP contribution in [0.2, 0.25) is 5.02 Å². The second kappa shape index (κ2) is 8.78. The highest BCUT2D eigenvalue weighted by molar-refractivity contribution is 6.31. The lowest BCUT2D eigenvalue weighted by molar-refractivity contribution is -0.118. The Labute approximate surface area is 196 Å². The minimum absolute atomic E-state index is 0.177. The number of anilines is 3. The number of nitrogens with zero attached hydrogens (tertiary/aromatic N) is 3. The Morgan fingerprint density at radius 1 is 1.12 bits per heavy atom. The van der Waals surface area contributed by atoms with Gasteiger partial charge in [-0.2, -0.15) is 0 Å². The van der Waals surface area contributed by atoms with Crippen LogP contribution in [0.4, 0.5) is 22.0 Å². The third kappa shape index (κ3) is 4.39. The lowest BCUT2D eigenvalue weighted by atomic mass is 10.1. The van der Waals surface area contributed by atoms with Gasteiger partial charge in [-0.05, 0) is 42.7 Å². The molecule has 0 radical (unpaired) electrons. The van der Waals surface area contributed by atoms with Crippen LogP contribution in [0.5, 0.6) is 0 Å². The van der Waals surface area contributed by atoms with Crippen LogP contribution < -0.4 is 21.3 Å². The summed E-state index contributed by atoms with van der Waals surface area (Å²) in [6.07, 6.45) is 1.30. The number of nitrogens with one attached hydrogen (secondary N) is 2. The standard InChI is InChI=1S/C24H25ClN6O2/c25-16-6-7-17-20(13-16)27-22(26)14-21(17)30-9-11-31(12-10-30)24(33)29-19-8-5-15-3-1-2-4-18(15)28-23(19)32/h1-4,6-7,13-14,19H,5,8-12H2,(H2,26,27)(H,28,32)(H,29,33). The second-order valence-corrected chi connectivity index (χ2v) is 8.83. The number of halogens is 1. The van der Waals surface area contributed by atoms with Crippen molar-refractivity contribution in [3.05, 3.63) is 59.1 Å².